The van der Waals surface area contributed by atoms with E-state index in [1.807, 2.05) is 0 Å². The molecule has 0 aromatic heterocycles. The average molecular weight is 288 g/mol. The van der Waals surface area contributed by atoms with E-state index in [1.54, 1.807) is 20.8 Å². The summed E-state index contributed by atoms with van der Waals surface area (Å²) in [6.07, 6.45) is 8.55. The third kappa shape index (κ3) is 12.4. The third-order valence-electron chi connectivity index (χ3n) is 3.13. The van der Waals surface area contributed by atoms with E-state index in [1.165, 1.54) is 32.1 Å². The topological polar surface area (TPSA) is 55.8 Å². The average Bonchev–Trinajstić information content (AvgIpc) is 2.34. The van der Waals surface area contributed by atoms with Crippen LogP contribution in [0.15, 0.2) is 0 Å². The molecule has 0 bridgehead atoms. The summed E-state index contributed by atoms with van der Waals surface area (Å²) >= 11 is 0. The van der Waals surface area contributed by atoms with Crippen molar-refractivity contribution in [2.75, 3.05) is 0 Å². The molecule has 0 heterocycles. The number of hydrogen-bond donors (Lipinski definition) is 1. The van der Waals surface area contributed by atoms with Gasteiger partial charge in [0.05, 0.1) is 6.10 Å². The maximum Gasteiger partial charge on any atom is 0.342 e. The van der Waals surface area contributed by atoms with Crippen molar-refractivity contribution >= 4 is 5.97 Å². The number of carbonyl (C=O) groups is 1. The van der Waals surface area contributed by atoms with Crippen LogP contribution in [0.1, 0.15) is 85.5 Å². The van der Waals surface area contributed by atoms with Gasteiger partial charge in [-0.05, 0) is 27.2 Å². The van der Waals surface area contributed by atoms with E-state index in [4.69, 9.17) is 9.78 Å². The molecule has 1 unspecified atom stereocenters. The molecule has 4 heteroatoms. The van der Waals surface area contributed by atoms with E-state index < -0.39 is 11.7 Å². The Morgan fingerprint density at radius 1 is 1.10 bits per heavy atom. The van der Waals surface area contributed by atoms with Gasteiger partial charge in [0, 0.05) is 12.8 Å². The van der Waals surface area contributed by atoms with Gasteiger partial charge in [-0.1, -0.05) is 45.4 Å². The molecule has 0 spiro atoms. The largest absolute Gasteiger partial charge is 0.393 e. The minimum absolute atomic E-state index is 0.322. The lowest BCUT2D eigenvalue weighted by molar-refractivity contribution is -0.328. The van der Waals surface area contributed by atoms with Crippen molar-refractivity contribution in [2.24, 2.45) is 0 Å². The van der Waals surface area contributed by atoms with Crippen LogP contribution in [0.25, 0.3) is 0 Å². The van der Waals surface area contributed by atoms with Gasteiger partial charge in [0.2, 0.25) is 0 Å². The molecule has 1 atom stereocenters. The number of hydrogen-bond acceptors (Lipinski definition) is 4. The Kier molecular flexibility index (Phi) is 10.8. The second kappa shape index (κ2) is 11.1. The molecule has 0 aliphatic heterocycles. The molecule has 0 fully saturated rings. The zero-order valence-corrected chi connectivity index (χ0v) is 13.6. The van der Waals surface area contributed by atoms with Crippen molar-refractivity contribution in [3.05, 3.63) is 0 Å². The Hall–Kier alpha value is -0.610. The summed E-state index contributed by atoms with van der Waals surface area (Å²) in [5.74, 6) is -0.322. The first-order chi connectivity index (χ1) is 9.37. The van der Waals surface area contributed by atoms with Crippen LogP contribution < -0.4 is 0 Å². The van der Waals surface area contributed by atoms with Crippen LogP contribution in [0.5, 0.6) is 0 Å². The zero-order valence-electron chi connectivity index (χ0n) is 13.6. The Balaban J connectivity index is 3.54. The number of unbranched alkanes of at least 4 members (excludes halogenated alkanes) is 6. The Labute approximate surface area is 123 Å². The predicted molar refractivity (Wildman–Crippen MR) is 80.2 cm³/mol. The van der Waals surface area contributed by atoms with Crippen molar-refractivity contribution in [1.29, 1.82) is 0 Å². The van der Waals surface area contributed by atoms with E-state index in [9.17, 15) is 9.90 Å². The Bertz CT molecular complexity index is 249. The first kappa shape index (κ1) is 19.4. The van der Waals surface area contributed by atoms with Gasteiger partial charge in [0.1, 0.15) is 5.60 Å². The van der Waals surface area contributed by atoms with Gasteiger partial charge in [-0.15, -0.1) is 0 Å². The molecule has 4 nitrogen and oxygen atoms in total. The summed E-state index contributed by atoms with van der Waals surface area (Å²) in [5, 5.41) is 9.29. The normalized spacial score (nSPS) is 13.2. The first-order valence-electron chi connectivity index (χ1n) is 7.94. The smallest absolute Gasteiger partial charge is 0.342 e. The Morgan fingerprint density at radius 2 is 1.65 bits per heavy atom. The van der Waals surface area contributed by atoms with Crippen LogP contribution in [0.3, 0.4) is 0 Å². The van der Waals surface area contributed by atoms with E-state index in [0.717, 1.165) is 12.8 Å². The highest BCUT2D eigenvalue weighted by molar-refractivity contribution is 5.68. The molecular weight excluding hydrogens is 256 g/mol. The van der Waals surface area contributed by atoms with Crippen LogP contribution in [0.4, 0.5) is 0 Å². The fourth-order valence-corrected chi connectivity index (χ4v) is 2.17. The summed E-state index contributed by atoms with van der Waals surface area (Å²) < 4.78 is 0. The van der Waals surface area contributed by atoms with E-state index in [0.29, 0.717) is 12.8 Å². The number of rotatable bonds is 12. The highest BCUT2D eigenvalue weighted by atomic mass is 17.2. The molecule has 120 valence electrons. The molecule has 0 aliphatic rings. The molecule has 0 aromatic rings. The number of carbonyl (C=O) groups excluding carboxylic acids is 1. The summed E-state index contributed by atoms with van der Waals surface area (Å²) in [4.78, 5) is 21.4. The molecule has 0 saturated heterocycles. The van der Waals surface area contributed by atoms with Gasteiger partial charge in [-0.3, -0.25) is 4.89 Å². The highest BCUT2D eigenvalue weighted by Crippen LogP contribution is 2.18. The standard InChI is InChI=1S/C16H32O4/c1-5-6-7-8-9-10-11-12-15(18)19-20-16(3,4)13-14(2)17/h14,17H,5-13H2,1-4H3. The highest BCUT2D eigenvalue weighted by Gasteiger charge is 2.24. The lowest BCUT2D eigenvalue weighted by Gasteiger charge is -2.23. The van der Waals surface area contributed by atoms with Gasteiger partial charge in [-0.25, -0.2) is 4.79 Å². The van der Waals surface area contributed by atoms with Crippen molar-refractivity contribution in [1.82, 2.24) is 0 Å². The summed E-state index contributed by atoms with van der Waals surface area (Å²) in [6, 6.07) is 0. The molecule has 0 aromatic carbocycles. The second-order valence-corrected chi connectivity index (χ2v) is 6.22. The molecule has 20 heavy (non-hydrogen) atoms. The molecule has 0 aliphatic carbocycles. The lowest BCUT2D eigenvalue weighted by atomic mass is 10.0. The fraction of sp³-hybridized carbons (Fsp3) is 0.938. The summed E-state index contributed by atoms with van der Waals surface area (Å²) in [6.45, 7) is 7.47. The molecule has 0 radical (unpaired) electrons. The second-order valence-electron chi connectivity index (χ2n) is 6.22. The van der Waals surface area contributed by atoms with E-state index >= 15 is 0 Å². The van der Waals surface area contributed by atoms with Crippen LogP contribution in [0.2, 0.25) is 0 Å². The summed E-state index contributed by atoms with van der Waals surface area (Å²) in [7, 11) is 0. The quantitative estimate of drug-likeness (QED) is 0.333. The van der Waals surface area contributed by atoms with Gasteiger partial charge < -0.3 is 5.11 Å². The van der Waals surface area contributed by atoms with E-state index in [2.05, 4.69) is 6.92 Å². The van der Waals surface area contributed by atoms with Gasteiger partial charge in [0.15, 0.2) is 0 Å². The monoisotopic (exact) mass is 288 g/mol. The van der Waals surface area contributed by atoms with Crippen LogP contribution in [-0.2, 0) is 14.6 Å². The SMILES string of the molecule is CCCCCCCCCC(=O)OOC(C)(C)CC(C)O. The summed E-state index contributed by atoms with van der Waals surface area (Å²) in [5.41, 5.74) is -0.649. The minimum atomic E-state index is -0.649. The molecule has 0 amide bonds. The number of aliphatic hydroxyl groups is 1. The predicted octanol–water partition coefficient (Wildman–Crippen LogP) is 4.15. The van der Waals surface area contributed by atoms with Gasteiger partial charge >= 0.3 is 5.97 Å². The maximum atomic E-state index is 11.5. The van der Waals surface area contributed by atoms with Crippen molar-refractivity contribution in [3.8, 4) is 0 Å². The lowest BCUT2D eigenvalue weighted by Crippen LogP contribution is -2.30. The zero-order chi connectivity index (χ0) is 15.4. The van der Waals surface area contributed by atoms with E-state index in [-0.39, 0.29) is 5.97 Å². The minimum Gasteiger partial charge on any atom is -0.393 e. The molecule has 0 rings (SSSR count). The first-order valence-corrected chi connectivity index (χ1v) is 7.94. The van der Waals surface area contributed by atoms with Crippen molar-refractivity contribution < 1.29 is 19.7 Å². The third-order valence-corrected chi connectivity index (χ3v) is 3.13. The van der Waals surface area contributed by atoms with Gasteiger partial charge in [0.25, 0.3) is 0 Å². The fourth-order valence-electron chi connectivity index (χ4n) is 2.17. The molecule has 1 N–H and O–H groups in total. The molecular formula is C16H32O4. The van der Waals surface area contributed by atoms with Crippen molar-refractivity contribution in [2.45, 2.75) is 97.2 Å². The van der Waals surface area contributed by atoms with Crippen LogP contribution >= 0.6 is 0 Å². The van der Waals surface area contributed by atoms with Gasteiger partial charge in [-0.2, -0.15) is 4.89 Å². The number of aliphatic hydroxyl groups excluding tert-OH is 1. The Morgan fingerprint density at radius 3 is 2.20 bits per heavy atom. The van der Waals surface area contributed by atoms with Crippen LogP contribution in [-0.4, -0.2) is 22.8 Å². The van der Waals surface area contributed by atoms with Crippen LogP contribution in [0, 0.1) is 0 Å². The van der Waals surface area contributed by atoms with Crippen molar-refractivity contribution in [3.63, 3.8) is 0 Å². The molecule has 0 saturated carbocycles. The maximum absolute atomic E-state index is 11.5.